The average molecular weight is 504 g/mol. The molecule has 2 aromatic carbocycles. The average Bonchev–Trinajstić information content (AvgIpc) is 3.26. The molecule has 1 atom stereocenters. The van der Waals surface area contributed by atoms with E-state index in [9.17, 15) is 9.59 Å². The molecule has 1 N–H and O–H groups in total. The largest absolute Gasteiger partial charge is 0.352 e. The van der Waals surface area contributed by atoms with Crippen LogP contribution in [0.5, 0.6) is 0 Å². The van der Waals surface area contributed by atoms with Gasteiger partial charge in [-0.15, -0.1) is 11.8 Å². The van der Waals surface area contributed by atoms with Gasteiger partial charge in [0, 0.05) is 22.8 Å². The molecule has 0 heterocycles. The summed E-state index contributed by atoms with van der Waals surface area (Å²) in [5.74, 6) is 1.07. The Kier molecular flexibility index (Phi) is 9.02. The fraction of sp³-hybridized carbons (Fsp3) is 0.440. The highest BCUT2D eigenvalue weighted by atomic mass is 79.9. The van der Waals surface area contributed by atoms with Crippen LogP contribution in [0, 0.1) is 6.92 Å². The number of amides is 2. The molecule has 166 valence electrons. The third kappa shape index (κ3) is 7.11. The van der Waals surface area contributed by atoms with Gasteiger partial charge in [0.25, 0.3) is 0 Å². The van der Waals surface area contributed by atoms with Crippen LogP contribution in [0.1, 0.15) is 49.3 Å². The first kappa shape index (κ1) is 23.9. The number of thioether (sulfide) groups is 1. The molecule has 0 aromatic heterocycles. The predicted octanol–water partition coefficient (Wildman–Crippen LogP) is 5.47. The number of nitrogens with zero attached hydrogens (tertiary/aromatic N) is 1. The summed E-state index contributed by atoms with van der Waals surface area (Å²) in [5, 5.41) is 3.15. The molecule has 1 aliphatic carbocycles. The van der Waals surface area contributed by atoms with Crippen molar-refractivity contribution in [3.05, 3.63) is 69.7 Å². The molecule has 2 aromatic rings. The number of hydrogen-bond acceptors (Lipinski definition) is 3. The standard InChI is InChI=1S/C25H31BrN2O2S/c1-18-8-3-4-10-21(18)16-31-17-24(29)28(15-20-9-7-11-22(26)14-20)19(2)25(30)27-23-12-5-6-13-23/h3-4,7-11,14,19,23H,5-6,12-13,15-17H2,1-2H3,(H,27,30)/t19-/m0/s1. The fourth-order valence-electron chi connectivity index (χ4n) is 3.91. The summed E-state index contributed by atoms with van der Waals surface area (Å²) < 4.78 is 0.967. The van der Waals surface area contributed by atoms with Gasteiger partial charge in [-0.3, -0.25) is 9.59 Å². The lowest BCUT2D eigenvalue weighted by Gasteiger charge is -2.29. The number of hydrogen-bond donors (Lipinski definition) is 1. The van der Waals surface area contributed by atoms with E-state index in [1.165, 1.54) is 11.1 Å². The molecule has 31 heavy (non-hydrogen) atoms. The van der Waals surface area contributed by atoms with E-state index >= 15 is 0 Å². The zero-order chi connectivity index (χ0) is 22.2. The van der Waals surface area contributed by atoms with E-state index in [0.717, 1.165) is 41.5 Å². The van der Waals surface area contributed by atoms with Crippen molar-refractivity contribution in [1.29, 1.82) is 0 Å². The van der Waals surface area contributed by atoms with Gasteiger partial charge in [-0.2, -0.15) is 0 Å². The lowest BCUT2D eigenvalue weighted by atomic mass is 10.1. The summed E-state index contributed by atoms with van der Waals surface area (Å²) in [5.41, 5.74) is 3.48. The Morgan fingerprint density at radius 1 is 1.16 bits per heavy atom. The van der Waals surface area contributed by atoms with Gasteiger partial charge in [-0.25, -0.2) is 0 Å². The van der Waals surface area contributed by atoms with E-state index in [1.807, 2.05) is 43.3 Å². The zero-order valence-corrected chi connectivity index (χ0v) is 20.7. The van der Waals surface area contributed by atoms with Crippen molar-refractivity contribution in [3.63, 3.8) is 0 Å². The first-order chi connectivity index (χ1) is 14.9. The van der Waals surface area contributed by atoms with E-state index in [2.05, 4.69) is 40.3 Å². The highest BCUT2D eigenvalue weighted by molar-refractivity contribution is 9.10. The van der Waals surface area contributed by atoms with Crippen LogP contribution >= 0.6 is 27.7 Å². The van der Waals surface area contributed by atoms with Crippen LogP contribution < -0.4 is 5.32 Å². The highest BCUT2D eigenvalue weighted by Gasteiger charge is 2.28. The van der Waals surface area contributed by atoms with Crippen LogP contribution in [-0.4, -0.2) is 34.6 Å². The molecular formula is C25H31BrN2O2S. The van der Waals surface area contributed by atoms with Crippen molar-refractivity contribution >= 4 is 39.5 Å². The molecule has 1 aliphatic rings. The third-order valence-corrected chi connectivity index (χ3v) is 7.31. The van der Waals surface area contributed by atoms with Crippen LogP contribution in [0.25, 0.3) is 0 Å². The second-order valence-electron chi connectivity index (χ2n) is 8.24. The maximum atomic E-state index is 13.2. The molecule has 0 saturated heterocycles. The molecule has 0 unspecified atom stereocenters. The molecule has 2 amide bonds. The van der Waals surface area contributed by atoms with Gasteiger partial charge in [0.05, 0.1) is 5.75 Å². The van der Waals surface area contributed by atoms with Gasteiger partial charge in [-0.05, 0) is 55.5 Å². The van der Waals surface area contributed by atoms with E-state index < -0.39 is 6.04 Å². The SMILES string of the molecule is Cc1ccccc1CSCC(=O)N(Cc1cccc(Br)c1)[C@@H](C)C(=O)NC1CCCC1. The maximum absolute atomic E-state index is 13.2. The molecule has 1 fully saturated rings. The van der Waals surface area contributed by atoms with Crippen molar-refractivity contribution in [2.75, 3.05) is 5.75 Å². The number of benzene rings is 2. The van der Waals surface area contributed by atoms with Crippen molar-refractivity contribution in [2.24, 2.45) is 0 Å². The first-order valence-electron chi connectivity index (χ1n) is 10.9. The van der Waals surface area contributed by atoms with E-state index in [1.54, 1.807) is 16.7 Å². The number of aryl methyl sites for hydroxylation is 1. The van der Waals surface area contributed by atoms with Crippen molar-refractivity contribution in [2.45, 2.75) is 63.9 Å². The lowest BCUT2D eigenvalue weighted by molar-refractivity contribution is -0.138. The lowest BCUT2D eigenvalue weighted by Crippen LogP contribution is -2.50. The van der Waals surface area contributed by atoms with E-state index in [4.69, 9.17) is 0 Å². The number of halogens is 1. The van der Waals surface area contributed by atoms with Gasteiger partial charge in [0.2, 0.25) is 11.8 Å². The Balaban J connectivity index is 1.66. The summed E-state index contributed by atoms with van der Waals surface area (Å²) >= 11 is 5.10. The molecule has 3 rings (SSSR count). The summed E-state index contributed by atoms with van der Waals surface area (Å²) in [7, 11) is 0. The summed E-state index contributed by atoms with van der Waals surface area (Å²) in [6.07, 6.45) is 4.39. The molecule has 0 bridgehead atoms. The topological polar surface area (TPSA) is 49.4 Å². The monoisotopic (exact) mass is 502 g/mol. The number of rotatable bonds is 9. The predicted molar refractivity (Wildman–Crippen MR) is 132 cm³/mol. The number of nitrogens with one attached hydrogen (secondary N) is 1. The minimum Gasteiger partial charge on any atom is -0.352 e. The van der Waals surface area contributed by atoms with Gasteiger partial charge < -0.3 is 10.2 Å². The minimum absolute atomic E-state index is 0.00682. The van der Waals surface area contributed by atoms with Gasteiger partial charge in [0.1, 0.15) is 6.04 Å². The molecule has 0 radical (unpaired) electrons. The molecule has 4 nitrogen and oxygen atoms in total. The quantitative estimate of drug-likeness (QED) is 0.494. The molecule has 0 aliphatic heterocycles. The van der Waals surface area contributed by atoms with Crippen LogP contribution in [0.4, 0.5) is 0 Å². The first-order valence-corrected chi connectivity index (χ1v) is 12.9. The Bertz CT molecular complexity index is 899. The smallest absolute Gasteiger partial charge is 0.242 e. The van der Waals surface area contributed by atoms with Crippen LogP contribution in [0.3, 0.4) is 0 Å². The Hall–Kier alpha value is -1.79. The molecule has 0 spiro atoms. The zero-order valence-electron chi connectivity index (χ0n) is 18.3. The van der Waals surface area contributed by atoms with Gasteiger partial charge in [0.15, 0.2) is 0 Å². The van der Waals surface area contributed by atoms with Gasteiger partial charge >= 0.3 is 0 Å². The molecule has 6 heteroatoms. The highest BCUT2D eigenvalue weighted by Crippen LogP contribution is 2.21. The Morgan fingerprint density at radius 2 is 1.90 bits per heavy atom. The number of carbonyl (C=O) groups is 2. The van der Waals surface area contributed by atoms with E-state index in [0.29, 0.717) is 12.3 Å². The summed E-state index contributed by atoms with van der Waals surface area (Å²) in [6, 6.07) is 15.9. The van der Waals surface area contributed by atoms with Gasteiger partial charge in [-0.1, -0.05) is 65.2 Å². The van der Waals surface area contributed by atoms with Crippen molar-refractivity contribution in [3.8, 4) is 0 Å². The Morgan fingerprint density at radius 3 is 2.61 bits per heavy atom. The normalized spacial score (nSPS) is 14.9. The second-order valence-corrected chi connectivity index (χ2v) is 10.1. The van der Waals surface area contributed by atoms with Crippen molar-refractivity contribution in [1.82, 2.24) is 10.2 Å². The third-order valence-electron chi connectivity index (χ3n) is 5.86. The second kappa shape index (κ2) is 11.7. The minimum atomic E-state index is -0.508. The summed E-state index contributed by atoms with van der Waals surface area (Å²) in [6.45, 7) is 4.35. The van der Waals surface area contributed by atoms with E-state index in [-0.39, 0.29) is 17.9 Å². The summed E-state index contributed by atoms with van der Waals surface area (Å²) in [4.78, 5) is 27.8. The van der Waals surface area contributed by atoms with Crippen LogP contribution in [0.15, 0.2) is 53.0 Å². The van der Waals surface area contributed by atoms with Crippen LogP contribution in [0.2, 0.25) is 0 Å². The maximum Gasteiger partial charge on any atom is 0.242 e. The number of carbonyl (C=O) groups excluding carboxylic acids is 2. The molecular weight excluding hydrogens is 472 g/mol. The fourth-order valence-corrected chi connectivity index (χ4v) is 5.34. The van der Waals surface area contributed by atoms with Crippen molar-refractivity contribution < 1.29 is 9.59 Å². The Labute approximate surface area is 198 Å². The van der Waals surface area contributed by atoms with Crippen LogP contribution in [-0.2, 0) is 21.9 Å². The molecule has 1 saturated carbocycles.